The molecule has 10 heteroatoms. The zero-order valence-electron chi connectivity index (χ0n) is 9.00. The molecule has 2 rings (SSSR count). The molecule has 0 atom stereocenters. The van der Waals surface area contributed by atoms with Crippen LogP contribution in [0.5, 0.6) is 0 Å². The summed E-state index contributed by atoms with van der Waals surface area (Å²) >= 11 is 11.5. The third kappa shape index (κ3) is 2.40. The molecule has 2 aromatic heterocycles. The van der Waals surface area contributed by atoms with Crippen molar-refractivity contribution in [3.05, 3.63) is 28.8 Å². The van der Waals surface area contributed by atoms with Gasteiger partial charge in [0, 0.05) is 19.4 Å². The summed E-state index contributed by atoms with van der Waals surface area (Å²) in [4.78, 5) is 7.49. The Balaban J connectivity index is 2.43. The summed E-state index contributed by atoms with van der Waals surface area (Å²) in [5.74, 6) is -0.0727. The van der Waals surface area contributed by atoms with Gasteiger partial charge in [-0.25, -0.2) is 9.97 Å². The second-order valence-corrected chi connectivity index (χ2v) is 5.59. The van der Waals surface area contributed by atoms with Crippen molar-refractivity contribution in [2.75, 3.05) is 4.72 Å². The molecule has 1 N–H and O–H groups in total. The van der Waals surface area contributed by atoms with Gasteiger partial charge in [0.25, 0.3) is 10.0 Å². The van der Waals surface area contributed by atoms with E-state index < -0.39 is 10.0 Å². The number of hydrogen-bond donors (Lipinski definition) is 1. The highest BCUT2D eigenvalue weighted by molar-refractivity contribution is 7.92. The number of aryl methyl sites for hydroxylation is 1. The number of rotatable bonds is 3. The van der Waals surface area contributed by atoms with Crippen molar-refractivity contribution in [3.8, 4) is 0 Å². The Bertz CT molecular complexity index is 665. The van der Waals surface area contributed by atoms with Gasteiger partial charge >= 0.3 is 0 Å². The Labute approximate surface area is 113 Å². The van der Waals surface area contributed by atoms with Gasteiger partial charge in [0.2, 0.25) is 0 Å². The lowest BCUT2D eigenvalue weighted by Gasteiger charge is -2.08. The van der Waals surface area contributed by atoms with Crippen molar-refractivity contribution >= 4 is 39.0 Å². The summed E-state index contributed by atoms with van der Waals surface area (Å²) in [6.45, 7) is 0. The van der Waals surface area contributed by atoms with Crippen molar-refractivity contribution in [3.63, 3.8) is 0 Å². The van der Waals surface area contributed by atoms with Crippen LogP contribution in [0.15, 0.2) is 23.6 Å². The Morgan fingerprint density at radius 2 is 1.94 bits per heavy atom. The van der Waals surface area contributed by atoms with Crippen molar-refractivity contribution in [1.29, 1.82) is 0 Å². The van der Waals surface area contributed by atoms with Gasteiger partial charge in [-0.2, -0.15) is 13.5 Å². The van der Waals surface area contributed by atoms with E-state index in [1.165, 1.54) is 25.6 Å². The van der Waals surface area contributed by atoms with E-state index in [2.05, 4.69) is 19.8 Å². The van der Waals surface area contributed by atoms with Crippen LogP contribution in [0.25, 0.3) is 0 Å². The van der Waals surface area contributed by atoms with Crippen molar-refractivity contribution in [2.24, 2.45) is 7.05 Å². The third-order valence-corrected chi connectivity index (χ3v) is 4.10. The van der Waals surface area contributed by atoms with Crippen molar-refractivity contribution in [1.82, 2.24) is 19.7 Å². The second kappa shape index (κ2) is 4.71. The molecule has 0 amide bonds. The minimum absolute atomic E-state index is 0.00464. The third-order valence-electron chi connectivity index (χ3n) is 1.98. The smallest absolute Gasteiger partial charge is 0.259 e. The first-order valence-corrected chi connectivity index (χ1v) is 6.82. The summed E-state index contributed by atoms with van der Waals surface area (Å²) < 4.78 is 27.5. The summed E-state index contributed by atoms with van der Waals surface area (Å²) in [6, 6.07) is 0. The number of sulfonamides is 1. The van der Waals surface area contributed by atoms with Crippen LogP contribution in [-0.4, -0.2) is 28.2 Å². The number of nitrogens with one attached hydrogen (secondary N) is 1. The van der Waals surface area contributed by atoms with E-state index in [0.717, 1.165) is 4.68 Å². The molecule has 0 fully saturated rings. The molecule has 0 aromatic carbocycles. The van der Waals surface area contributed by atoms with Gasteiger partial charge in [-0.3, -0.25) is 9.40 Å². The number of aromatic nitrogens is 4. The second-order valence-electron chi connectivity index (χ2n) is 3.22. The first-order chi connectivity index (χ1) is 8.42. The lowest BCUT2D eigenvalue weighted by Crippen LogP contribution is -2.18. The SMILES string of the molecule is Cn1ncc(Cl)c1S(=O)(=O)Nc1nccnc1Cl. The van der Waals surface area contributed by atoms with Gasteiger partial charge in [0.05, 0.1) is 11.2 Å². The van der Waals surface area contributed by atoms with Gasteiger partial charge in [0.1, 0.15) is 0 Å². The monoisotopic (exact) mass is 307 g/mol. The summed E-state index contributed by atoms with van der Waals surface area (Å²) in [6.07, 6.45) is 3.89. The number of hydrogen-bond acceptors (Lipinski definition) is 5. The van der Waals surface area contributed by atoms with Crippen LogP contribution >= 0.6 is 23.2 Å². The molecule has 2 aromatic rings. The molecular formula is C8H7Cl2N5O2S. The zero-order valence-corrected chi connectivity index (χ0v) is 11.3. The summed E-state index contributed by atoms with van der Waals surface area (Å²) in [5, 5.41) is 3.52. The highest BCUT2D eigenvalue weighted by atomic mass is 35.5. The molecular weight excluding hydrogens is 301 g/mol. The maximum absolute atomic E-state index is 12.1. The number of nitrogens with zero attached hydrogens (tertiary/aromatic N) is 4. The molecule has 0 radical (unpaired) electrons. The average Bonchev–Trinajstić information content (AvgIpc) is 2.62. The molecule has 0 aliphatic heterocycles. The highest BCUT2D eigenvalue weighted by Crippen LogP contribution is 2.24. The first-order valence-electron chi connectivity index (χ1n) is 4.58. The van der Waals surface area contributed by atoms with Gasteiger partial charge in [-0.05, 0) is 0 Å². The maximum atomic E-state index is 12.1. The van der Waals surface area contributed by atoms with Gasteiger partial charge in [-0.1, -0.05) is 23.2 Å². The van der Waals surface area contributed by atoms with Crippen LogP contribution in [0.2, 0.25) is 10.2 Å². The topological polar surface area (TPSA) is 89.8 Å². The van der Waals surface area contributed by atoms with E-state index in [1.54, 1.807) is 0 Å². The molecule has 0 unspecified atom stereocenters. The average molecular weight is 308 g/mol. The fourth-order valence-corrected chi connectivity index (χ4v) is 3.15. The Hall–Kier alpha value is -1.38. The number of anilines is 1. The van der Waals surface area contributed by atoms with E-state index in [1.807, 2.05) is 0 Å². The molecule has 96 valence electrons. The normalized spacial score (nSPS) is 11.5. The molecule has 2 heterocycles. The highest BCUT2D eigenvalue weighted by Gasteiger charge is 2.24. The van der Waals surface area contributed by atoms with Crippen LogP contribution < -0.4 is 4.72 Å². The zero-order chi connectivity index (χ0) is 13.3. The van der Waals surface area contributed by atoms with Gasteiger partial charge < -0.3 is 0 Å². The fourth-order valence-electron chi connectivity index (χ4n) is 1.27. The standard InChI is InChI=1S/C8H7Cl2N5O2S/c1-15-8(5(9)4-13-15)18(16,17)14-7-6(10)11-2-3-12-7/h2-4H,1H3,(H,12,14). The van der Waals surface area contributed by atoms with E-state index >= 15 is 0 Å². The lowest BCUT2D eigenvalue weighted by molar-refractivity contribution is 0.582. The van der Waals surface area contributed by atoms with Crippen LogP contribution in [-0.2, 0) is 17.1 Å². The molecule has 0 bridgehead atoms. The fraction of sp³-hybridized carbons (Fsp3) is 0.125. The molecule has 18 heavy (non-hydrogen) atoms. The van der Waals surface area contributed by atoms with E-state index in [-0.39, 0.29) is 21.0 Å². The molecule has 0 aliphatic carbocycles. The van der Waals surface area contributed by atoms with E-state index in [9.17, 15) is 8.42 Å². The predicted octanol–water partition coefficient (Wildman–Crippen LogP) is 1.32. The first kappa shape index (κ1) is 13.1. The van der Waals surface area contributed by atoms with E-state index in [4.69, 9.17) is 23.2 Å². The molecule has 0 saturated heterocycles. The van der Waals surface area contributed by atoms with Crippen LogP contribution in [0, 0.1) is 0 Å². The Morgan fingerprint density at radius 1 is 1.28 bits per heavy atom. The van der Waals surface area contributed by atoms with Crippen molar-refractivity contribution < 1.29 is 8.42 Å². The molecule has 0 saturated carbocycles. The van der Waals surface area contributed by atoms with Gasteiger partial charge in [0.15, 0.2) is 16.0 Å². The largest absolute Gasteiger partial charge is 0.281 e. The van der Waals surface area contributed by atoms with Crippen molar-refractivity contribution in [2.45, 2.75) is 5.03 Å². The Kier molecular flexibility index (Phi) is 3.42. The lowest BCUT2D eigenvalue weighted by atomic mass is 10.7. The molecule has 0 spiro atoms. The summed E-state index contributed by atoms with van der Waals surface area (Å²) in [7, 11) is -2.47. The number of halogens is 2. The van der Waals surface area contributed by atoms with E-state index in [0.29, 0.717) is 0 Å². The van der Waals surface area contributed by atoms with Gasteiger partial charge in [-0.15, -0.1) is 0 Å². The summed E-state index contributed by atoms with van der Waals surface area (Å²) in [5.41, 5.74) is 0. The molecule has 0 aliphatic rings. The Morgan fingerprint density at radius 3 is 2.50 bits per heavy atom. The maximum Gasteiger partial charge on any atom is 0.281 e. The van der Waals surface area contributed by atoms with Crippen LogP contribution in [0.1, 0.15) is 0 Å². The van der Waals surface area contributed by atoms with Crippen LogP contribution in [0.4, 0.5) is 5.82 Å². The minimum Gasteiger partial charge on any atom is -0.259 e. The quantitative estimate of drug-likeness (QED) is 0.923. The molecule has 7 nitrogen and oxygen atoms in total. The van der Waals surface area contributed by atoms with Crippen LogP contribution in [0.3, 0.4) is 0 Å². The minimum atomic E-state index is -3.92. The predicted molar refractivity (Wildman–Crippen MR) is 66.1 cm³/mol.